The van der Waals surface area contributed by atoms with Gasteiger partial charge in [-0.2, -0.15) is 0 Å². The van der Waals surface area contributed by atoms with Gasteiger partial charge in [0.25, 0.3) is 0 Å². The Labute approximate surface area is 302 Å². The molecule has 4 aliphatic rings. The topological polar surface area (TPSA) is 6.48 Å². The molecule has 6 aromatic carbocycles. The molecule has 0 aromatic heterocycles. The number of benzene rings is 6. The van der Waals surface area contributed by atoms with Gasteiger partial charge in [0.05, 0.1) is 23.1 Å². The summed E-state index contributed by atoms with van der Waals surface area (Å²) in [5.41, 5.74) is 17.4. The van der Waals surface area contributed by atoms with Crippen molar-refractivity contribution in [1.82, 2.24) is 0 Å². The van der Waals surface area contributed by atoms with Crippen LogP contribution in [0, 0.1) is 0 Å². The van der Waals surface area contributed by atoms with E-state index in [-0.39, 0.29) is 22.3 Å². The van der Waals surface area contributed by atoms with Gasteiger partial charge in [-0.15, -0.1) is 0 Å². The molecule has 0 saturated carbocycles. The van der Waals surface area contributed by atoms with Crippen molar-refractivity contribution in [3.05, 3.63) is 178 Å². The minimum absolute atomic E-state index is 0.0152. The maximum atomic E-state index is 2.61. The summed E-state index contributed by atoms with van der Waals surface area (Å²) in [4.78, 5) is 5.17. The predicted octanol–water partition coefficient (Wildman–Crippen LogP) is 12.8. The molecule has 2 nitrogen and oxygen atoms in total. The van der Waals surface area contributed by atoms with Crippen LogP contribution in [-0.2, 0) is 16.2 Å². The van der Waals surface area contributed by atoms with Crippen molar-refractivity contribution in [3.63, 3.8) is 0 Å². The first-order chi connectivity index (χ1) is 24.6. The molecule has 2 heterocycles. The molecule has 2 heteroatoms. The second kappa shape index (κ2) is 10.4. The summed E-state index contributed by atoms with van der Waals surface area (Å²) in [5.74, 6) is 0. The fourth-order valence-electron chi connectivity index (χ4n) is 10.0. The lowest BCUT2D eigenvalue weighted by atomic mass is 9.66. The Kier molecular flexibility index (Phi) is 6.19. The molecule has 2 aliphatic carbocycles. The van der Waals surface area contributed by atoms with Gasteiger partial charge in [0.2, 0.25) is 0 Å². The van der Waals surface area contributed by atoms with Crippen molar-refractivity contribution < 1.29 is 0 Å². The van der Waals surface area contributed by atoms with Gasteiger partial charge < -0.3 is 9.80 Å². The monoisotopic (exact) mass is 660 g/mol. The highest BCUT2D eigenvalue weighted by molar-refractivity contribution is 5.94. The zero-order chi connectivity index (χ0) is 34.9. The molecule has 250 valence electrons. The first kappa shape index (κ1) is 30.5. The van der Waals surface area contributed by atoms with E-state index in [0.29, 0.717) is 0 Å². The molecule has 0 radical (unpaired) electrons. The Balaban J connectivity index is 1.16. The first-order valence-corrected chi connectivity index (χ1v) is 18.5. The molecule has 0 spiro atoms. The number of anilines is 5. The molecule has 51 heavy (non-hydrogen) atoms. The maximum absolute atomic E-state index is 2.61. The summed E-state index contributed by atoms with van der Waals surface area (Å²) in [6.45, 7) is 14.4. The van der Waals surface area contributed by atoms with E-state index in [9.17, 15) is 0 Å². The summed E-state index contributed by atoms with van der Waals surface area (Å²) in [5, 5.41) is 2.53. The van der Waals surface area contributed by atoms with Gasteiger partial charge in [0.15, 0.2) is 0 Å². The van der Waals surface area contributed by atoms with E-state index >= 15 is 0 Å². The second-order valence-corrected chi connectivity index (χ2v) is 16.6. The fourth-order valence-corrected chi connectivity index (χ4v) is 10.0. The van der Waals surface area contributed by atoms with Crippen LogP contribution in [0.4, 0.5) is 28.4 Å². The van der Waals surface area contributed by atoms with Gasteiger partial charge in [-0.1, -0.05) is 145 Å². The number of rotatable bonds is 3. The van der Waals surface area contributed by atoms with E-state index in [1.807, 2.05) is 0 Å². The molecule has 2 aliphatic heterocycles. The van der Waals surface area contributed by atoms with Crippen molar-refractivity contribution in [2.24, 2.45) is 0 Å². The van der Waals surface area contributed by atoms with Gasteiger partial charge in [0, 0.05) is 27.6 Å². The summed E-state index contributed by atoms with van der Waals surface area (Å²) < 4.78 is 0. The van der Waals surface area contributed by atoms with Crippen LogP contribution in [0.2, 0.25) is 0 Å². The van der Waals surface area contributed by atoms with Crippen LogP contribution in [0.15, 0.2) is 145 Å². The second-order valence-electron chi connectivity index (χ2n) is 16.6. The first-order valence-electron chi connectivity index (χ1n) is 18.5. The minimum atomic E-state index is -0.197. The third-order valence-electron chi connectivity index (χ3n) is 12.8. The fraction of sp³-hybridized carbons (Fsp3) is 0.224. The SMILES string of the molecule is CC1(C)C2=C(C=CC(N(c3ccc4c(c3)C(C)(C)c3cccc5c3N4c3ccccc3C5(C)C)c3ccc4ccccc4c3)C2)c2ccccc21. The Bertz CT molecular complexity index is 2510. The summed E-state index contributed by atoms with van der Waals surface area (Å²) in [6, 6.07) is 48.2. The molecule has 0 bridgehead atoms. The predicted molar refractivity (Wildman–Crippen MR) is 215 cm³/mol. The van der Waals surface area contributed by atoms with E-state index in [0.717, 1.165) is 6.42 Å². The Morgan fingerprint density at radius 3 is 1.94 bits per heavy atom. The molecule has 0 N–H and O–H groups in total. The number of fused-ring (bicyclic) bond motifs is 7. The zero-order valence-electron chi connectivity index (χ0n) is 30.5. The normalized spacial score (nSPS) is 19.6. The van der Waals surface area contributed by atoms with Crippen molar-refractivity contribution in [2.45, 2.75) is 70.3 Å². The van der Waals surface area contributed by atoms with Crippen molar-refractivity contribution in [1.29, 1.82) is 0 Å². The van der Waals surface area contributed by atoms with Gasteiger partial charge >= 0.3 is 0 Å². The Morgan fingerprint density at radius 2 is 1.14 bits per heavy atom. The van der Waals surface area contributed by atoms with Gasteiger partial charge in [-0.05, 0) is 98.1 Å². The van der Waals surface area contributed by atoms with Crippen LogP contribution in [0.1, 0.15) is 81.3 Å². The average molecular weight is 661 g/mol. The number of hydrogen-bond donors (Lipinski definition) is 0. The van der Waals surface area contributed by atoms with Crippen LogP contribution in [0.5, 0.6) is 0 Å². The molecule has 0 fully saturated rings. The van der Waals surface area contributed by atoms with E-state index in [4.69, 9.17) is 0 Å². The third-order valence-corrected chi connectivity index (χ3v) is 12.8. The standard InChI is InChI=1S/C49H44N2/c1-47(2)38-17-10-9-16-36(38)37-26-24-34(29-42(37)47)50(33-23-22-31-14-7-8-15-32(31)28-33)35-25-27-45-43(30-35)49(5,6)41-20-13-19-40-46(41)51(45)44-21-12-11-18-39(44)48(40,3)4/h7-28,30,34H,29H2,1-6H3. The molecule has 10 rings (SSSR count). The van der Waals surface area contributed by atoms with Crippen LogP contribution in [-0.4, -0.2) is 6.04 Å². The van der Waals surface area contributed by atoms with Crippen molar-refractivity contribution in [2.75, 3.05) is 9.80 Å². The number of nitrogens with zero attached hydrogens (tertiary/aromatic N) is 2. The summed E-state index contributed by atoms with van der Waals surface area (Å²) in [7, 11) is 0. The lowest BCUT2D eigenvalue weighted by molar-refractivity contribution is 0.584. The van der Waals surface area contributed by atoms with E-state index in [2.05, 4.69) is 191 Å². The number of allylic oxidation sites excluding steroid dienone is 2. The van der Waals surface area contributed by atoms with Gasteiger partial charge in [-0.3, -0.25) is 0 Å². The van der Waals surface area contributed by atoms with Crippen molar-refractivity contribution >= 4 is 44.8 Å². The van der Waals surface area contributed by atoms with Crippen LogP contribution in [0.25, 0.3) is 16.3 Å². The highest BCUT2D eigenvalue weighted by Gasteiger charge is 2.46. The van der Waals surface area contributed by atoms with Gasteiger partial charge in [-0.25, -0.2) is 0 Å². The molecule has 6 aromatic rings. The molecular weight excluding hydrogens is 617 g/mol. The quantitative estimate of drug-likeness (QED) is 0.186. The molecule has 1 atom stereocenters. The van der Waals surface area contributed by atoms with E-state index < -0.39 is 0 Å². The van der Waals surface area contributed by atoms with Crippen LogP contribution >= 0.6 is 0 Å². The van der Waals surface area contributed by atoms with Gasteiger partial charge in [0.1, 0.15) is 0 Å². The summed E-state index contributed by atoms with van der Waals surface area (Å²) >= 11 is 0. The van der Waals surface area contributed by atoms with Crippen molar-refractivity contribution in [3.8, 4) is 0 Å². The minimum Gasteiger partial charge on any atom is -0.334 e. The van der Waals surface area contributed by atoms with E-state index in [1.54, 1.807) is 0 Å². The number of para-hydroxylation sites is 2. The largest absolute Gasteiger partial charge is 0.334 e. The van der Waals surface area contributed by atoms with E-state index in [1.165, 1.54) is 83.7 Å². The maximum Gasteiger partial charge on any atom is 0.0563 e. The lowest BCUT2D eigenvalue weighted by Crippen LogP contribution is -2.38. The van der Waals surface area contributed by atoms with Crippen LogP contribution < -0.4 is 9.80 Å². The third kappa shape index (κ3) is 4.11. The highest BCUT2D eigenvalue weighted by Crippen LogP contribution is 2.60. The zero-order valence-corrected chi connectivity index (χ0v) is 30.5. The highest BCUT2D eigenvalue weighted by atomic mass is 15.2. The number of hydrogen-bond acceptors (Lipinski definition) is 2. The molecule has 1 unspecified atom stereocenters. The Hall–Kier alpha value is -5.34. The smallest absolute Gasteiger partial charge is 0.0563 e. The van der Waals surface area contributed by atoms with Crippen LogP contribution in [0.3, 0.4) is 0 Å². The Morgan fingerprint density at radius 1 is 0.529 bits per heavy atom. The molecule has 0 saturated heterocycles. The lowest BCUT2D eigenvalue weighted by Gasteiger charge is -2.49. The average Bonchev–Trinajstić information content (AvgIpc) is 3.37. The summed E-state index contributed by atoms with van der Waals surface area (Å²) in [6.07, 6.45) is 5.85. The molecular formula is C49H44N2. The molecule has 0 amide bonds.